The van der Waals surface area contributed by atoms with Crippen LogP contribution >= 0.6 is 0 Å². The minimum absolute atomic E-state index is 0.0957. The molecule has 0 aliphatic carbocycles. The Morgan fingerprint density at radius 3 is 2.33 bits per heavy atom. The molecule has 0 radical (unpaired) electrons. The fourth-order valence-electron chi connectivity index (χ4n) is 1.61. The van der Waals surface area contributed by atoms with E-state index in [1.807, 2.05) is 0 Å². The topological polar surface area (TPSA) is 30.5 Å². The van der Waals surface area contributed by atoms with Crippen LogP contribution in [0.5, 0.6) is 11.5 Å². The van der Waals surface area contributed by atoms with Gasteiger partial charge in [0.15, 0.2) is 0 Å². The lowest BCUT2D eigenvalue weighted by Crippen LogP contribution is -2.28. The number of benzene rings is 1. The van der Waals surface area contributed by atoms with Crippen molar-refractivity contribution in [1.82, 2.24) is 5.32 Å². The van der Waals surface area contributed by atoms with Crippen LogP contribution < -0.4 is 14.8 Å². The van der Waals surface area contributed by atoms with Crippen molar-refractivity contribution in [2.75, 3.05) is 20.8 Å². The summed E-state index contributed by atoms with van der Waals surface area (Å²) < 4.78 is 46.4. The first kappa shape index (κ1) is 14.6. The number of methoxy groups -OCH3 is 2. The van der Waals surface area contributed by atoms with Crippen molar-refractivity contribution in [3.05, 3.63) is 23.3 Å². The number of alkyl halides is 3. The number of ether oxygens (including phenoxy) is 2. The molecule has 0 spiro atoms. The Morgan fingerprint density at radius 2 is 1.83 bits per heavy atom. The van der Waals surface area contributed by atoms with Gasteiger partial charge in [0, 0.05) is 18.2 Å². The van der Waals surface area contributed by atoms with Gasteiger partial charge in [-0.3, -0.25) is 0 Å². The summed E-state index contributed by atoms with van der Waals surface area (Å²) in [6, 6.07) is 3.41. The van der Waals surface area contributed by atoms with Gasteiger partial charge in [-0.15, -0.1) is 0 Å². The van der Waals surface area contributed by atoms with E-state index in [-0.39, 0.29) is 6.54 Å². The van der Waals surface area contributed by atoms with Gasteiger partial charge in [-0.2, -0.15) is 13.2 Å². The second-order valence-corrected chi connectivity index (χ2v) is 3.84. The van der Waals surface area contributed by atoms with Crippen LogP contribution in [0.2, 0.25) is 0 Å². The molecule has 0 unspecified atom stereocenters. The van der Waals surface area contributed by atoms with Gasteiger partial charge < -0.3 is 14.8 Å². The molecular weight excluding hydrogens is 247 g/mol. The molecule has 1 aromatic rings. The summed E-state index contributed by atoms with van der Waals surface area (Å²) in [4.78, 5) is 0. The molecule has 0 bridgehead atoms. The maximum Gasteiger partial charge on any atom is 0.401 e. The fraction of sp³-hybridized carbons (Fsp3) is 0.500. The predicted octanol–water partition coefficient (Wildman–Crippen LogP) is 2.66. The van der Waals surface area contributed by atoms with Crippen molar-refractivity contribution in [2.45, 2.75) is 19.6 Å². The van der Waals surface area contributed by atoms with Crippen LogP contribution in [0.25, 0.3) is 0 Å². The molecule has 18 heavy (non-hydrogen) atoms. The highest BCUT2D eigenvalue weighted by Gasteiger charge is 2.26. The summed E-state index contributed by atoms with van der Waals surface area (Å²) in [6.07, 6.45) is -4.21. The smallest absolute Gasteiger partial charge is 0.401 e. The highest BCUT2D eigenvalue weighted by molar-refractivity contribution is 5.46. The van der Waals surface area contributed by atoms with E-state index in [0.717, 1.165) is 5.56 Å². The first-order valence-electron chi connectivity index (χ1n) is 5.36. The van der Waals surface area contributed by atoms with Crippen molar-refractivity contribution in [3.8, 4) is 11.5 Å². The Bertz CT molecular complexity index is 405. The van der Waals surface area contributed by atoms with Gasteiger partial charge in [-0.05, 0) is 18.6 Å². The average Bonchev–Trinajstić information content (AvgIpc) is 2.29. The van der Waals surface area contributed by atoms with Crippen molar-refractivity contribution < 1.29 is 22.6 Å². The summed E-state index contributed by atoms with van der Waals surface area (Å²) >= 11 is 0. The largest absolute Gasteiger partial charge is 0.497 e. The third-order valence-corrected chi connectivity index (χ3v) is 2.49. The van der Waals surface area contributed by atoms with E-state index >= 15 is 0 Å². The zero-order valence-electron chi connectivity index (χ0n) is 10.5. The van der Waals surface area contributed by atoms with Gasteiger partial charge in [0.05, 0.1) is 20.8 Å². The van der Waals surface area contributed by atoms with Gasteiger partial charge in [0.2, 0.25) is 0 Å². The summed E-state index contributed by atoms with van der Waals surface area (Å²) in [6.45, 7) is 0.871. The molecule has 0 aliphatic heterocycles. The van der Waals surface area contributed by atoms with Crippen LogP contribution in [0.3, 0.4) is 0 Å². The van der Waals surface area contributed by atoms with Crippen molar-refractivity contribution in [2.24, 2.45) is 0 Å². The van der Waals surface area contributed by atoms with Gasteiger partial charge in [-0.1, -0.05) is 0 Å². The number of hydrogen-bond acceptors (Lipinski definition) is 3. The number of rotatable bonds is 5. The maximum absolute atomic E-state index is 12.0. The van der Waals surface area contributed by atoms with Gasteiger partial charge in [-0.25, -0.2) is 0 Å². The summed E-state index contributed by atoms with van der Waals surface area (Å²) in [5.41, 5.74) is 1.52. The molecule has 3 nitrogen and oxygen atoms in total. The van der Waals surface area contributed by atoms with Crippen LogP contribution in [0, 0.1) is 6.92 Å². The molecule has 1 rings (SSSR count). The van der Waals surface area contributed by atoms with E-state index in [0.29, 0.717) is 17.1 Å². The third kappa shape index (κ3) is 4.10. The molecule has 0 heterocycles. The molecule has 0 atom stereocenters. The number of hydrogen-bond donors (Lipinski definition) is 1. The van der Waals surface area contributed by atoms with E-state index in [9.17, 15) is 13.2 Å². The molecular formula is C12H16F3NO2. The Morgan fingerprint density at radius 1 is 1.17 bits per heavy atom. The highest BCUT2D eigenvalue weighted by atomic mass is 19.4. The monoisotopic (exact) mass is 263 g/mol. The zero-order chi connectivity index (χ0) is 13.8. The first-order chi connectivity index (χ1) is 8.37. The SMILES string of the molecule is COc1cc(C)c(CNCC(F)(F)F)c(OC)c1. The minimum Gasteiger partial charge on any atom is -0.497 e. The Labute approximate surface area is 104 Å². The second kappa shape index (κ2) is 5.95. The molecule has 0 saturated carbocycles. The lowest BCUT2D eigenvalue weighted by atomic mass is 10.1. The van der Waals surface area contributed by atoms with Gasteiger partial charge >= 0.3 is 6.18 Å². The molecule has 0 aromatic heterocycles. The maximum atomic E-state index is 12.0. The lowest BCUT2D eigenvalue weighted by molar-refractivity contribution is -0.125. The van der Waals surface area contributed by atoms with Crippen LogP contribution in [-0.4, -0.2) is 26.9 Å². The number of aryl methyl sites for hydroxylation is 1. The van der Waals surface area contributed by atoms with Crippen LogP contribution in [0.4, 0.5) is 13.2 Å². The van der Waals surface area contributed by atoms with E-state index in [4.69, 9.17) is 9.47 Å². The first-order valence-corrected chi connectivity index (χ1v) is 5.36. The Kier molecular flexibility index (Phi) is 4.84. The quantitative estimate of drug-likeness (QED) is 0.886. The summed E-state index contributed by atoms with van der Waals surface area (Å²) in [5.74, 6) is 1.13. The fourth-order valence-corrected chi connectivity index (χ4v) is 1.61. The third-order valence-electron chi connectivity index (χ3n) is 2.49. The van der Waals surface area contributed by atoms with E-state index in [2.05, 4.69) is 5.32 Å². The van der Waals surface area contributed by atoms with Crippen LogP contribution in [0.1, 0.15) is 11.1 Å². The molecule has 0 amide bonds. The van der Waals surface area contributed by atoms with Crippen molar-refractivity contribution in [1.29, 1.82) is 0 Å². The van der Waals surface area contributed by atoms with E-state index < -0.39 is 12.7 Å². The molecule has 0 aliphatic rings. The van der Waals surface area contributed by atoms with Gasteiger partial charge in [0.1, 0.15) is 11.5 Å². The lowest BCUT2D eigenvalue weighted by Gasteiger charge is -2.15. The minimum atomic E-state index is -4.21. The van der Waals surface area contributed by atoms with Crippen molar-refractivity contribution >= 4 is 0 Å². The molecule has 0 saturated heterocycles. The second-order valence-electron chi connectivity index (χ2n) is 3.84. The number of halogens is 3. The number of nitrogens with one attached hydrogen (secondary N) is 1. The zero-order valence-corrected chi connectivity index (χ0v) is 10.5. The molecule has 102 valence electrons. The van der Waals surface area contributed by atoms with E-state index in [1.165, 1.54) is 14.2 Å². The highest BCUT2D eigenvalue weighted by Crippen LogP contribution is 2.28. The van der Waals surface area contributed by atoms with Crippen LogP contribution in [-0.2, 0) is 6.54 Å². The van der Waals surface area contributed by atoms with Gasteiger partial charge in [0.25, 0.3) is 0 Å². The Hall–Kier alpha value is -1.43. The van der Waals surface area contributed by atoms with Crippen LogP contribution in [0.15, 0.2) is 12.1 Å². The summed E-state index contributed by atoms with van der Waals surface area (Å²) in [7, 11) is 3.00. The van der Waals surface area contributed by atoms with Crippen molar-refractivity contribution in [3.63, 3.8) is 0 Å². The molecule has 1 aromatic carbocycles. The Balaban J connectivity index is 2.81. The average molecular weight is 263 g/mol. The normalized spacial score (nSPS) is 11.4. The van der Waals surface area contributed by atoms with E-state index in [1.54, 1.807) is 19.1 Å². The molecule has 6 heteroatoms. The molecule has 1 N–H and O–H groups in total. The predicted molar refractivity (Wildman–Crippen MR) is 62.0 cm³/mol. The standard InChI is InChI=1S/C12H16F3NO2/c1-8-4-9(17-2)5-11(18-3)10(8)6-16-7-12(13,14)15/h4-5,16H,6-7H2,1-3H3. The summed E-state index contributed by atoms with van der Waals surface area (Å²) in [5, 5.41) is 2.35. The molecule has 0 fully saturated rings.